The van der Waals surface area contributed by atoms with Crippen molar-refractivity contribution in [1.29, 1.82) is 0 Å². The number of anilines is 1. The Kier molecular flexibility index (Phi) is 6.60. The first-order valence-electron chi connectivity index (χ1n) is 9.18. The third kappa shape index (κ3) is 4.32. The van der Waals surface area contributed by atoms with E-state index in [2.05, 4.69) is 29.8 Å². The number of aryl methyl sites for hydroxylation is 1. The van der Waals surface area contributed by atoms with Gasteiger partial charge in [-0.25, -0.2) is 0 Å². The van der Waals surface area contributed by atoms with Crippen molar-refractivity contribution in [3.63, 3.8) is 0 Å². The summed E-state index contributed by atoms with van der Waals surface area (Å²) in [6.45, 7) is 8.50. The number of halogens is 1. The molecule has 0 spiro atoms. The standard InChI is InChI=1S/C22H22ClN3OS/c1-4-6-13-26(21(27)18-9-7-8-10-19(18)23)22-25-24-20(28-22)17-12-11-16(5-2)14-15(17)3/h5,7-12,14H,2,4,6,13H2,1,3H3. The molecular weight excluding hydrogens is 390 g/mol. The molecule has 0 unspecified atom stereocenters. The molecule has 0 bridgehead atoms. The third-order valence-electron chi connectivity index (χ3n) is 4.45. The Hall–Kier alpha value is -2.50. The number of benzene rings is 2. The van der Waals surface area contributed by atoms with E-state index in [1.807, 2.05) is 37.3 Å². The van der Waals surface area contributed by atoms with Gasteiger partial charge in [0, 0.05) is 12.1 Å². The van der Waals surface area contributed by atoms with Gasteiger partial charge >= 0.3 is 0 Å². The Morgan fingerprint density at radius 2 is 2.04 bits per heavy atom. The number of hydrogen-bond donors (Lipinski definition) is 0. The first kappa shape index (κ1) is 20.2. The van der Waals surface area contributed by atoms with E-state index in [4.69, 9.17) is 11.6 Å². The highest BCUT2D eigenvalue weighted by Gasteiger charge is 2.23. The van der Waals surface area contributed by atoms with Crippen molar-refractivity contribution in [2.45, 2.75) is 26.7 Å². The summed E-state index contributed by atoms with van der Waals surface area (Å²) in [6.07, 6.45) is 3.66. The summed E-state index contributed by atoms with van der Waals surface area (Å²) in [5.74, 6) is -0.152. The second-order valence-corrected chi connectivity index (χ2v) is 7.82. The summed E-state index contributed by atoms with van der Waals surface area (Å²) in [7, 11) is 0. The summed E-state index contributed by atoms with van der Waals surface area (Å²) in [5, 5.41) is 10.5. The minimum absolute atomic E-state index is 0.152. The van der Waals surface area contributed by atoms with Crippen molar-refractivity contribution in [1.82, 2.24) is 10.2 Å². The summed E-state index contributed by atoms with van der Waals surface area (Å²) in [6, 6.07) is 13.2. The highest BCUT2D eigenvalue weighted by Crippen LogP contribution is 2.32. The fraction of sp³-hybridized carbons (Fsp3) is 0.227. The fourth-order valence-corrected chi connectivity index (χ4v) is 4.04. The van der Waals surface area contributed by atoms with Gasteiger partial charge in [-0.3, -0.25) is 9.69 Å². The van der Waals surface area contributed by atoms with Gasteiger partial charge in [0.15, 0.2) is 0 Å². The van der Waals surface area contributed by atoms with Crippen LogP contribution in [0.25, 0.3) is 16.6 Å². The maximum absolute atomic E-state index is 13.1. The number of nitrogens with zero attached hydrogens (tertiary/aromatic N) is 3. The molecule has 0 aliphatic rings. The molecule has 144 valence electrons. The van der Waals surface area contributed by atoms with Crippen LogP contribution in [-0.4, -0.2) is 22.6 Å². The van der Waals surface area contributed by atoms with Crippen LogP contribution < -0.4 is 4.90 Å². The SMILES string of the molecule is C=Cc1ccc(-c2nnc(N(CCCC)C(=O)c3ccccc3Cl)s2)c(C)c1. The first-order chi connectivity index (χ1) is 13.5. The van der Waals surface area contributed by atoms with Crippen LogP contribution >= 0.6 is 22.9 Å². The van der Waals surface area contributed by atoms with Gasteiger partial charge in [-0.1, -0.05) is 79.3 Å². The molecule has 0 aliphatic heterocycles. The van der Waals surface area contributed by atoms with Gasteiger partial charge in [-0.2, -0.15) is 0 Å². The van der Waals surface area contributed by atoms with Gasteiger partial charge in [0.25, 0.3) is 5.91 Å². The van der Waals surface area contributed by atoms with E-state index >= 15 is 0 Å². The van der Waals surface area contributed by atoms with Crippen molar-refractivity contribution in [3.8, 4) is 10.6 Å². The predicted molar refractivity (Wildman–Crippen MR) is 118 cm³/mol. The smallest absolute Gasteiger partial charge is 0.261 e. The summed E-state index contributed by atoms with van der Waals surface area (Å²) < 4.78 is 0. The van der Waals surface area contributed by atoms with Gasteiger partial charge in [0.05, 0.1) is 10.6 Å². The summed E-state index contributed by atoms with van der Waals surface area (Å²) >= 11 is 7.66. The molecule has 1 amide bonds. The average Bonchev–Trinajstić information content (AvgIpc) is 3.17. The zero-order valence-electron chi connectivity index (χ0n) is 16.0. The number of aromatic nitrogens is 2. The van der Waals surface area contributed by atoms with Gasteiger partial charge < -0.3 is 0 Å². The molecule has 0 fully saturated rings. The zero-order chi connectivity index (χ0) is 20.1. The van der Waals surface area contributed by atoms with Crippen LogP contribution in [0.1, 0.15) is 41.3 Å². The molecule has 6 heteroatoms. The fourth-order valence-electron chi connectivity index (χ4n) is 2.87. The Bertz CT molecular complexity index is 999. The van der Waals surface area contributed by atoms with E-state index in [1.165, 1.54) is 11.3 Å². The van der Waals surface area contributed by atoms with Crippen molar-refractivity contribution < 1.29 is 4.79 Å². The largest absolute Gasteiger partial charge is 0.283 e. The minimum atomic E-state index is -0.152. The number of unbranched alkanes of at least 4 members (excludes halogenated alkanes) is 1. The van der Waals surface area contributed by atoms with Crippen LogP contribution in [0.4, 0.5) is 5.13 Å². The van der Waals surface area contributed by atoms with E-state index in [0.717, 1.165) is 34.5 Å². The lowest BCUT2D eigenvalue weighted by atomic mass is 10.1. The van der Waals surface area contributed by atoms with Crippen LogP contribution in [0.5, 0.6) is 0 Å². The van der Waals surface area contributed by atoms with Crippen molar-refractivity contribution in [2.75, 3.05) is 11.4 Å². The monoisotopic (exact) mass is 411 g/mol. The summed E-state index contributed by atoms with van der Waals surface area (Å²) in [4.78, 5) is 14.8. The van der Waals surface area contributed by atoms with Crippen LogP contribution in [0.15, 0.2) is 49.0 Å². The van der Waals surface area contributed by atoms with E-state index in [9.17, 15) is 4.79 Å². The molecule has 0 atom stereocenters. The molecule has 1 heterocycles. The van der Waals surface area contributed by atoms with Crippen molar-refractivity contribution in [3.05, 3.63) is 70.8 Å². The highest BCUT2D eigenvalue weighted by molar-refractivity contribution is 7.18. The van der Waals surface area contributed by atoms with Gasteiger partial charge in [-0.05, 0) is 36.6 Å². The minimum Gasteiger partial charge on any atom is -0.283 e. The maximum Gasteiger partial charge on any atom is 0.261 e. The van der Waals surface area contributed by atoms with Crippen LogP contribution in [0, 0.1) is 6.92 Å². The molecule has 3 rings (SSSR count). The van der Waals surface area contributed by atoms with Crippen molar-refractivity contribution >= 4 is 40.1 Å². The van der Waals surface area contributed by atoms with Crippen LogP contribution in [-0.2, 0) is 0 Å². The first-order valence-corrected chi connectivity index (χ1v) is 10.4. The zero-order valence-corrected chi connectivity index (χ0v) is 17.6. The van der Waals surface area contributed by atoms with Gasteiger partial charge in [0.1, 0.15) is 5.01 Å². The lowest BCUT2D eigenvalue weighted by Crippen LogP contribution is -2.32. The second kappa shape index (κ2) is 9.13. The number of amides is 1. The molecule has 0 N–H and O–H groups in total. The second-order valence-electron chi connectivity index (χ2n) is 6.46. The molecule has 1 aromatic heterocycles. The number of carbonyl (C=O) groups excluding carboxylic acids is 1. The number of carbonyl (C=O) groups is 1. The molecule has 0 aliphatic carbocycles. The number of rotatable bonds is 7. The Balaban J connectivity index is 1.95. The lowest BCUT2D eigenvalue weighted by molar-refractivity contribution is 0.0986. The molecular formula is C22H22ClN3OS. The molecule has 0 saturated heterocycles. The van der Waals surface area contributed by atoms with Gasteiger partial charge in [-0.15, -0.1) is 10.2 Å². The average molecular weight is 412 g/mol. The molecule has 0 saturated carbocycles. The third-order valence-corrected chi connectivity index (χ3v) is 5.76. The topological polar surface area (TPSA) is 46.1 Å². The van der Waals surface area contributed by atoms with Crippen LogP contribution in [0.2, 0.25) is 5.02 Å². The maximum atomic E-state index is 13.1. The lowest BCUT2D eigenvalue weighted by Gasteiger charge is -2.19. The molecule has 2 aromatic carbocycles. The van der Waals surface area contributed by atoms with Crippen LogP contribution in [0.3, 0.4) is 0 Å². The molecule has 3 aromatic rings. The predicted octanol–water partition coefficient (Wildman–Crippen LogP) is 6.26. The Labute approximate surface area is 174 Å². The molecule has 0 radical (unpaired) electrons. The van der Waals surface area contributed by atoms with E-state index in [0.29, 0.717) is 22.3 Å². The number of hydrogen-bond acceptors (Lipinski definition) is 4. The quantitative estimate of drug-likeness (QED) is 0.461. The van der Waals surface area contributed by atoms with E-state index in [-0.39, 0.29) is 5.91 Å². The molecule has 28 heavy (non-hydrogen) atoms. The Morgan fingerprint density at radius 3 is 2.71 bits per heavy atom. The van der Waals surface area contributed by atoms with E-state index in [1.54, 1.807) is 17.0 Å². The summed E-state index contributed by atoms with van der Waals surface area (Å²) in [5.41, 5.74) is 3.64. The molecule has 4 nitrogen and oxygen atoms in total. The van der Waals surface area contributed by atoms with E-state index < -0.39 is 0 Å². The highest BCUT2D eigenvalue weighted by atomic mass is 35.5. The van der Waals surface area contributed by atoms with Gasteiger partial charge in [0.2, 0.25) is 5.13 Å². The van der Waals surface area contributed by atoms with Crippen molar-refractivity contribution in [2.24, 2.45) is 0 Å². The Morgan fingerprint density at radius 1 is 1.25 bits per heavy atom. The normalized spacial score (nSPS) is 10.7.